The molecule has 134 valence electrons. The van der Waals surface area contributed by atoms with Crippen LogP contribution in [0.4, 0.5) is 5.69 Å². The SMILES string of the molecule is O=C(O)C1CN(C(=O)C2CC(=O)N(Cc3ccco3)C2)c2ccccc21. The van der Waals surface area contributed by atoms with Crippen LogP contribution in [0.2, 0.25) is 0 Å². The fourth-order valence-electron chi connectivity index (χ4n) is 3.73. The zero-order chi connectivity index (χ0) is 18.3. The van der Waals surface area contributed by atoms with E-state index in [1.807, 2.05) is 0 Å². The second-order valence-electron chi connectivity index (χ2n) is 6.65. The van der Waals surface area contributed by atoms with E-state index in [1.165, 1.54) is 4.90 Å². The lowest BCUT2D eigenvalue weighted by Crippen LogP contribution is -2.37. The highest BCUT2D eigenvalue weighted by Gasteiger charge is 2.42. The number of benzene rings is 1. The molecule has 0 bridgehead atoms. The van der Waals surface area contributed by atoms with Gasteiger partial charge in [-0.05, 0) is 23.8 Å². The summed E-state index contributed by atoms with van der Waals surface area (Å²) in [4.78, 5) is 39.9. The van der Waals surface area contributed by atoms with Gasteiger partial charge in [0.25, 0.3) is 0 Å². The largest absolute Gasteiger partial charge is 0.481 e. The molecule has 1 saturated heterocycles. The van der Waals surface area contributed by atoms with Gasteiger partial charge in [0.15, 0.2) is 0 Å². The first-order valence-corrected chi connectivity index (χ1v) is 8.48. The summed E-state index contributed by atoms with van der Waals surface area (Å²) in [5.74, 6) is -1.78. The summed E-state index contributed by atoms with van der Waals surface area (Å²) < 4.78 is 5.27. The predicted octanol–water partition coefficient (Wildman–Crippen LogP) is 1.84. The number of furan rings is 1. The normalized spacial score (nSPS) is 21.9. The molecule has 2 atom stereocenters. The van der Waals surface area contributed by atoms with E-state index < -0.39 is 17.8 Å². The summed E-state index contributed by atoms with van der Waals surface area (Å²) in [7, 11) is 0. The van der Waals surface area contributed by atoms with Gasteiger partial charge >= 0.3 is 5.97 Å². The van der Waals surface area contributed by atoms with Crippen molar-refractivity contribution in [3.63, 3.8) is 0 Å². The maximum atomic E-state index is 13.0. The summed E-state index contributed by atoms with van der Waals surface area (Å²) in [6, 6.07) is 10.6. The van der Waals surface area contributed by atoms with Gasteiger partial charge in [0.1, 0.15) is 11.7 Å². The summed E-state index contributed by atoms with van der Waals surface area (Å²) in [6.45, 7) is 0.759. The third-order valence-corrected chi connectivity index (χ3v) is 5.02. The first-order valence-electron chi connectivity index (χ1n) is 8.48. The van der Waals surface area contributed by atoms with E-state index in [1.54, 1.807) is 47.6 Å². The summed E-state index contributed by atoms with van der Waals surface area (Å²) in [5, 5.41) is 9.44. The molecular weight excluding hydrogens is 336 g/mol. The van der Waals surface area contributed by atoms with E-state index in [0.717, 1.165) is 0 Å². The van der Waals surface area contributed by atoms with Gasteiger partial charge in [-0.2, -0.15) is 0 Å². The number of hydrogen-bond acceptors (Lipinski definition) is 4. The van der Waals surface area contributed by atoms with E-state index >= 15 is 0 Å². The van der Waals surface area contributed by atoms with Crippen LogP contribution in [-0.2, 0) is 20.9 Å². The minimum atomic E-state index is -0.949. The lowest BCUT2D eigenvalue weighted by molar-refractivity contribution is -0.138. The number of nitrogens with zero attached hydrogens (tertiary/aromatic N) is 2. The molecule has 4 rings (SSSR count). The molecule has 1 aromatic carbocycles. The van der Waals surface area contributed by atoms with Crippen LogP contribution in [0.25, 0.3) is 0 Å². The molecule has 1 fully saturated rings. The standard InChI is InChI=1S/C19H18N2O5/c22-17-8-12(9-20(17)10-13-4-3-7-26-13)18(23)21-11-15(19(24)25)14-5-1-2-6-16(14)21/h1-7,12,15H,8-11H2,(H,24,25). The van der Waals surface area contributed by atoms with Crippen LogP contribution in [0.3, 0.4) is 0 Å². The van der Waals surface area contributed by atoms with E-state index in [0.29, 0.717) is 30.1 Å². The number of rotatable bonds is 4. The fraction of sp³-hybridized carbons (Fsp3) is 0.316. The average molecular weight is 354 g/mol. The number of anilines is 1. The van der Waals surface area contributed by atoms with Crippen molar-refractivity contribution in [2.45, 2.75) is 18.9 Å². The molecular formula is C19H18N2O5. The maximum absolute atomic E-state index is 13.0. The lowest BCUT2D eigenvalue weighted by atomic mass is 10.0. The Hall–Kier alpha value is -3.09. The predicted molar refractivity (Wildman–Crippen MR) is 91.4 cm³/mol. The average Bonchev–Trinajstić information content (AvgIpc) is 3.34. The monoisotopic (exact) mass is 354 g/mol. The van der Waals surface area contributed by atoms with Crippen LogP contribution in [0.5, 0.6) is 0 Å². The Balaban J connectivity index is 1.52. The van der Waals surface area contributed by atoms with Crippen molar-refractivity contribution in [1.29, 1.82) is 0 Å². The number of hydrogen-bond donors (Lipinski definition) is 1. The molecule has 0 saturated carbocycles. The third kappa shape index (κ3) is 2.75. The maximum Gasteiger partial charge on any atom is 0.312 e. The van der Waals surface area contributed by atoms with Crippen molar-refractivity contribution >= 4 is 23.5 Å². The molecule has 2 amide bonds. The van der Waals surface area contributed by atoms with Crippen molar-refractivity contribution in [3.05, 3.63) is 54.0 Å². The highest BCUT2D eigenvalue weighted by atomic mass is 16.4. The number of fused-ring (bicyclic) bond motifs is 1. The zero-order valence-electron chi connectivity index (χ0n) is 14.0. The first kappa shape index (κ1) is 16.4. The number of likely N-dealkylation sites (tertiary alicyclic amines) is 1. The van der Waals surface area contributed by atoms with Crippen LogP contribution >= 0.6 is 0 Å². The molecule has 1 N–H and O–H groups in total. The molecule has 7 heteroatoms. The Bertz CT molecular complexity index is 861. The second-order valence-corrected chi connectivity index (χ2v) is 6.65. The van der Waals surface area contributed by atoms with Gasteiger partial charge in [-0.25, -0.2) is 0 Å². The van der Waals surface area contributed by atoms with Gasteiger partial charge in [-0.1, -0.05) is 18.2 Å². The van der Waals surface area contributed by atoms with E-state index in [4.69, 9.17) is 4.42 Å². The Morgan fingerprint density at radius 3 is 2.69 bits per heavy atom. The molecule has 1 aromatic heterocycles. The second kappa shape index (κ2) is 6.33. The van der Waals surface area contributed by atoms with Gasteiger partial charge in [0.2, 0.25) is 11.8 Å². The quantitative estimate of drug-likeness (QED) is 0.905. The van der Waals surface area contributed by atoms with Crippen LogP contribution in [0.1, 0.15) is 23.7 Å². The smallest absolute Gasteiger partial charge is 0.312 e. The minimum Gasteiger partial charge on any atom is -0.481 e. The Morgan fingerprint density at radius 2 is 1.96 bits per heavy atom. The molecule has 7 nitrogen and oxygen atoms in total. The van der Waals surface area contributed by atoms with E-state index in [2.05, 4.69) is 0 Å². The van der Waals surface area contributed by atoms with Crippen LogP contribution in [-0.4, -0.2) is 40.9 Å². The fourth-order valence-corrected chi connectivity index (χ4v) is 3.73. The van der Waals surface area contributed by atoms with Crippen LogP contribution in [0, 0.1) is 5.92 Å². The molecule has 0 spiro atoms. The van der Waals surface area contributed by atoms with Crippen molar-refractivity contribution in [2.24, 2.45) is 5.92 Å². The number of carboxylic acid groups (broad SMARTS) is 1. The topological polar surface area (TPSA) is 91.1 Å². The number of carbonyl (C=O) groups is 3. The van der Waals surface area contributed by atoms with Gasteiger partial charge in [0.05, 0.1) is 18.7 Å². The van der Waals surface area contributed by atoms with Crippen molar-refractivity contribution in [2.75, 3.05) is 18.0 Å². The van der Waals surface area contributed by atoms with Gasteiger partial charge < -0.3 is 19.3 Å². The summed E-state index contributed by atoms with van der Waals surface area (Å²) in [5.41, 5.74) is 1.27. The van der Waals surface area contributed by atoms with Gasteiger partial charge in [-0.3, -0.25) is 14.4 Å². The van der Waals surface area contributed by atoms with Gasteiger partial charge in [0, 0.05) is 25.2 Å². The van der Waals surface area contributed by atoms with Crippen molar-refractivity contribution < 1.29 is 23.9 Å². The van der Waals surface area contributed by atoms with Gasteiger partial charge in [-0.15, -0.1) is 0 Å². The summed E-state index contributed by atoms with van der Waals surface area (Å²) in [6.07, 6.45) is 1.68. The first-order chi connectivity index (χ1) is 12.5. The van der Waals surface area contributed by atoms with Crippen molar-refractivity contribution in [1.82, 2.24) is 4.90 Å². The Kier molecular flexibility index (Phi) is 3.99. The lowest BCUT2D eigenvalue weighted by Gasteiger charge is -2.21. The van der Waals surface area contributed by atoms with Crippen molar-refractivity contribution in [3.8, 4) is 0 Å². The highest BCUT2D eigenvalue weighted by Crippen LogP contribution is 2.38. The number of para-hydroxylation sites is 1. The summed E-state index contributed by atoms with van der Waals surface area (Å²) >= 11 is 0. The number of amides is 2. The molecule has 2 aromatic rings. The Morgan fingerprint density at radius 1 is 1.15 bits per heavy atom. The minimum absolute atomic E-state index is 0.0954. The molecule has 3 heterocycles. The number of carbonyl (C=O) groups excluding carboxylic acids is 2. The Labute approximate surface area is 149 Å². The number of carboxylic acids is 1. The molecule has 0 aliphatic carbocycles. The molecule has 2 unspecified atom stereocenters. The zero-order valence-corrected chi connectivity index (χ0v) is 14.0. The molecule has 0 radical (unpaired) electrons. The molecule has 2 aliphatic heterocycles. The molecule has 2 aliphatic rings. The van der Waals surface area contributed by atoms with Crippen LogP contribution in [0.15, 0.2) is 47.1 Å². The van der Waals surface area contributed by atoms with E-state index in [9.17, 15) is 19.5 Å². The highest BCUT2D eigenvalue weighted by molar-refractivity contribution is 6.02. The van der Waals surface area contributed by atoms with Crippen LogP contribution < -0.4 is 4.90 Å². The van der Waals surface area contributed by atoms with E-state index in [-0.39, 0.29) is 24.8 Å². The molecule has 26 heavy (non-hydrogen) atoms. The number of aliphatic carboxylic acids is 1. The third-order valence-electron chi connectivity index (χ3n) is 5.02.